The molecular weight excluding hydrogens is 1790 g/mol. The van der Waals surface area contributed by atoms with E-state index in [0.717, 1.165) is 157 Å². The van der Waals surface area contributed by atoms with E-state index >= 15 is 0 Å². The van der Waals surface area contributed by atoms with Crippen LogP contribution < -0.4 is 61.5 Å². The first kappa shape index (κ1) is 94.1. The Bertz CT molecular complexity index is 7060. The van der Waals surface area contributed by atoms with Crippen molar-refractivity contribution in [2.24, 2.45) is 0 Å². The molecule has 0 unspecified atom stereocenters. The van der Waals surface area contributed by atoms with Crippen LogP contribution in [0.5, 0.6) is 23.0 Å². The normalized spacial score (nSPS) is 21.0. The van der Waals surface area contributed by atoms with Gasteiger partial charge >= 0.3 is 0 Å². The highest BCUT2D eigenvalue weighted by Gasteiger charge is 2.39. The molecule has 11 atom stereocenters. The Kier molecular flexibility index (Phi) is 25.4. The summed E-state index contributed by atoms with van der Waals surface area (Å²) in [6.07, 6.45) is 24.3. The minimum atomic E-state index is -0.889. The summed E-state index contributed by atoms with van der Waals surface area (Å²) < 4.78 is 91.6. The summed E-state index contributed by atoms with van der Waals surface area (Å²) in [7, 11) is 5.76. The van der Waals surface area contributed by atoms with Crippen molar-refractivity contribution < 1.29 is 56.9 Å². The van der Waals surface area contributed by atoms with Gasteiger partial charge in [0.25, 0.3) is 0 Å². The van der Waals surface area contributed by atoms with Crippen LogP contribution in [0.2, 0.25) is 0 Å². The average Bonchev–Trinajstić information content (AvgIpc) is 1.72. The fourth-order valence-electron chi connectivity index (χ4n) is 20.3. The summed E-state index contributed by atoms with van der Waals surface area (Å²) in [5.41, 5.74) is 32.7. The maximum Gasteiger partial charge on any atom is 0.223 e. The molecule has 6 fully saturated rings. The lowest BCUT2D eigenvalue weighted by Gasteiger charge is -2.37. The summed E-state index contributed by atoms with van der Waals surface area (Å²) in [6, 6.07) is 11.2. The van der Waals surface area contributed by atoms with Crippen molar-refractivity contribution in [2.45, 2.75) is 229 Å². The molecule has 734 valence electrons. The fraction of sp³-hybridized carbons (Fsp3) is 0.495. The van der Waals surface area contributed by atoms with Crippen molar-refractivity contribution in [3.8, 4) is 23.0 Å². The van der Waals surface area contributed by atoms with Gasteiger partial charge in [-0.3, -0.25) is 18.7 Å². The molecule has 22 rings (SSSR count). The van der Waals surface area contributed by atoms with Gasteiger partial charge in [-0.05, 0) is 176 Å². The van der Waals surface area contributed by atoms with Crippen LogP contribution in [0, 0.1) is 37.1 Å². The minimum Gasteiger partial charge on any atom is -0.494 e. The third kappa shape index (κ3) is 18.2. The van der Waals surface area contributed by atoms with Crippen LogP contribution in [0.1, 0.15) is 221 Å². The average molecular weight is 1910 g/mol. The Morgan fingerprint density at radius 2 is 0.770 bits per heavy atom. The molecule has 0 bridgehead atoms. The summed E-state index contributed by atoms with van der Waals surface area (Å²) in [6.45, 7) is 22.8. The lowest BCUT2D eigenvalue weighted by molar-refractivity contribution is 0.0253. The maximum absolute atomic E-state index is 14.5. The zero-order valence-corrected chi connectivity index (χ0v) is 80.0. The monoisotopic (exact) mass is 1910 g/mol. The van der Waals surface area contributed by atoms with E-state index in [1.807, 2.05) is 83.6 Å². The number of nitrogens with two attached hydrogens (primary N) is 4. The lowest BCUT2D eigenvalue weighted by atomic mass is 9.92. The van der Waals surface area contributed by atoms with Gasteiger partial charge in [0.15, 0.2) is 69.0 Å². The van der Waals surface area contributed by atoms with Crippen LogP contribution in [-0.4, -0.2) is 242 Å². The molecule has 6 aliphatic rings. The maximum atomic E-state index is 14.5. The minimum absolute atomic E-state index is 0.0440. The molecule has 12 N–H and O–H groups in total. The Hall–Kier alpha value is -13.9. The highest BCUT2D eigenvalue weighted by molar-refractivity contribution is 5.98. The van der Waals surface area contributed by atoms with Gasteiger partial charge < -0.3 is 81.9 Å². The molecule has 12 aromatic heterocycles. The first-order valence-corrected chi connectivity index (χ1v) is 47.4. The van der Waals surface area contributed by atoms with Crippen LogP contribution in [0.25, 0.3) is 66.2 Å². The van der Waals surface area contributed by atoms with E-state index in [4.69, 9.17) is 61.8 Å². The number of nitrogen functional groups attached to an aromatic ring is 4. The molecule has 0 spiro atoms. The van der Waals surface area contributed by atoms with Crippen molar-refractivity contribution in [1.82, 2.24) is 117 Å². The number of fused-ring (bicyclic) bond motifs is 12. The second-order valence-electron chi connectivity index (χ2n) is 38.7. The quantitative estimate of drug-likeness (QED) is 0.0370. The summed E-state index contributed by atoms with van der Waals surface area (Å²) in [4.78, 5) is 45.9. The summed E-state index contributed by atoms with van der Waals surface area (Å²) >= 11 is 0. The smallest absolute Gasteiger partial charge is 0.223 e. The molecule has 139 heavy (non-hydrogen) atoms. The Balaban J connectivity index is 0.000000118. The van der Waals surface area contributed by atoms with Gasteiger partial charge in [0.1, 0.15) is 34.2 Å². The number of aliphatic hydroxyl groups excluding tert-OH is 2. The van der Waals surface area contributed by atoms with Gasteiger partial charge in [0.05, 0.1) is 144 Å². The number of piperidine rings is 4. The van der Waals surface area contributed by atoms with Crippen LogP contribution in [0.3, 0.4) is 0 Å². The number of aryl methyl sites for hydroxylation is 2. The van der Waals surface area contributed by atoms with Gasteiger partial charge in [-0.25, -0.2) is 57.4 Å². The number of aliphatic hydroxyl groups is 4. The molecule has 2 aliphatic carbocycles. The number of anilines is 8. The first-order chi connectivity index (χ1) is 66.6. The molecule has 4 aliphatic heterocycles. The van der Waals surface area contributed by atoms with Gasteiger partial charge in [-0.15, -0.1) is 20.4 Å². The number of hydrogen-bond donors (Lipinski definition) is 8. The topological polar surface area (TPSA) is 478 Å². The molecule has 16 heterocycles. The van der Waals surface area contributed by atoms with E-state index in [1.54, 1.807) is 27.7 Å². The SMILES string of the molecule is COc1cc(F)cc2c1nc(N)n1nc([C@@H]3CCCN(c4cn([C@@H](C)C(C)(C)O)nc4C)C3)nc21.COc1cc(F)cc2c1nc(N)n1nc([C@@H]3CCCN(c4cn([C@H](C)C(C)(C)O)nc4C)C3)nc21.COc1cc2nc(N)n3nc([C@@H]4CCCN(c5cnn([C@H]6CCC[C@H]6O)c5)C4)nc3c2cc1F.COc1cc2nc(N)n3nc([C@H]4CC[C@@H](C)N(c5cnn([C@H]6CCC[C@@H]6O)c5)C4)nc3c2cc1F. The van der Waals surface area contributed by atoms with Crippen LogP contribution in [0.4, 0.5) is 64.1 Å². The Labute approximate surface area is 796 Å². The largest absolute Gasteiger partial charge is 0.494 e. The summed E-state index contributed by atoms with van der Waals surface area (Å²) in [5.74, 6) is 2.59. The standard InChI is InChI=1S/C24H29FN8O2.2C24H31FN8O2.C23H27FN8O2/c1-13-6-7-14(11-31(13)15-10-27-32(12-15)19-4-3-5-20(19)34)22-29-23-16-8-17(25)21(35-2)9-18(16)28-24(26)33(23)30-22;2*1-13-18(12-32(29-13)14(2)24(3,4)34)31-8-6-7-15(11-31)21-28-22-17-9-16(25)10-19(35-5)20(17)27-23(26)33(22)30-21;1-34-20-9-17-15(8-16(20)24)22-28-21(29-32(22)23(25)27-17)13-4-3-7-30(11-13)14-10-26-31(12-14)18-5-2-6-19(18)33/h8-10,12-14,19-20,34H,3-7,11H2,1-2H3,(H2,26,28);2*9-10,12,14-15,34H,6-8,11H2,1-5H3,(H2,26,27);8-10,12-13,18-19,33H,2-7,11H2,1H3,(H2,25,27)/t13-,14+,19+,20+;14-,15+;14-,15-;13-,18+,19-/m1011/s1. The number of halogens is 4. The Morgan fingerprint density at radius 3 is 1.16 bits per heavy atom. The highest BCUT2D eigenvalue weighted by Crippen LogP contribution is 2.43. The van der Waals surface area contributed by atoms with E-state index in [1.165, 1.54) is 95.0 Å². The van der Waals surface area contributed by atoms with Crippen LogP contribution in [0.15, 0.2) is 85.7 Å². The summed E-state index contributed by atoms with van der Waals surface area (Å²) in [5, 5.41) is 80.5. The van der Waals surface area contributed by atoms with Crippen molar-refractivity contribution >= 4 is 113 Å². The van der Waals surface area contributed by atoms with Gasteiger partial charge in [0, 0.05) is 135 Å². The predicted octanol–water partition coefficient (Wildman–Crippen LogP) is 12.2. The third-order valence-electron chi connectivity index (χ3n) is 28.7. The molecule has 4 saturated heterocycles. The van der Waals surface area contributed by atoms with Crippen molar-refractivity contribution in [2.75, 3.05) is 117 Å². The van der Waals surface area contributed by atoms with Crippen molar-refractivity contribution in [3.63, 3.8) is 0 Å². The Morgan fingerprint density at radius 1 is 0.403 bits per heavy atom. The molecule has 4 aromatic carbocycles. The van der Waals surface area contributed by atoms with Crippen molar-refractivity contribution in [1.29, 1.82) is 0 Å². The molecule has 40 nitrogen and oxygen atoms in total. The zero-order chi connectivity index (χ0) is 97.8. The van der Waals surface area contributed by atoms with Gasteiger partial charge in [-0.1, -0.05) is 0 Å². The van der Waals surface area contributed by atoms with E-state index in [9.17, 15) is 38.0 Å². The number of hydrogen-bond acceptors (Lipinski definition) is 32. The molecular formula is C95H118F4N32O8. The number of ether oxygens (including phenoxy) is 4. The predicted molar refractivity (Wildman–Crippen MR) is 516 cm³/mol. The van der Waals surface area contributed by atoms with E-state index in [2.05, 4.69) is 87.2 Å². The molecule has 2 saturated carbocycles. The molecule has 44 heteroatoms. The first-order valence-electron chi connectivity index (χ1n) is 47.4. The van der Waals surface area contributed by atoms with E-state index in [-0.39, 0.29) is 95.3 Å². The number of rotatable bonds is 18. The van der Waals surface area contributed by atoms with E-state index in [0.29, 0.717) is 120 Å². The van der Waals surface area contributed by atoms with Crippen LogP contribution >= 0.6 is 0 Å². The van der Waals surface area contributed by atoms with E-state index < -0.39 is 34.5 Å². The number of benzene rings is 4. The molecule has 0 radical (unpaired) electrons. The molecule has 16 aromatic rings. The number of nitrogens with zero attached hydrogens (tertiary/aromatic N) is 28. The van der Waals surface area contributed by atoms with Gasteiger partial charge in [0.2, 0.25) is 23.8 Å². The third-order valence-corrected chi connectivity index (χ3v) is 28.7. The fourth-order valence-corrected chi connectivity index (χ4v) is 20.3. The number of methoxy groups -OCH3 is 4. The van der Waals surface area contributed by atoms with Crippen LogP contribution in [-0.2, 0) is 0 Å². The highest BCUT2D eigenvalue weighted by atomic mass is 19.1. The lowest BCUT2D eigenvalue weighted by Crippen LogP contribution is -2.41. The second kappa shape index (κ2) is 37.5. The second-order valence-corrected chi connectivity index (χ2v) is 38.7. The zero-order valence-electron chi connectivity index (χ0n) is 80.0. The molecule has 0 amide bonds. The number of aromatic nitrogens is 24. The van der Waals surface area contributed by atoms with Gasteiger partial charge in [-0.2, -0.15) is 38.5 Å². The van der Waals surface area contributed by atoms with Crippen molar-refractivity contribution in [3.05, 3.63) is 144 Å².